The van der Waals surface area contributed by atoms with E-state index in [1.807, 2.05) is 0 Å². The summed E-state index contributed by atoms with van der Waals surface area (Å²) >= 11 is 0. The van der Waals surface area contributed by atoms with E-state index < -0.39 is 11.9 Å². The number of rotatable bonds is 4. The van der Waals surface area contributed by atoms with Gasteiger partial charge in [0.15, 0.2) is 5.82 Å². The van der Waals surface area contributed by atoms with Gasteiger partial charge in [0.2, 0.25) is 0 Å². The predicted octanol–water partition coefficient (Wildman–Crippen LogP) is 0.604. The van der Waals surface area contributed by atoms with Gasteiger partial charge in [-0.15, -0.1) is 0 Å². The van der Waals surface area contributed by atoms with Crippen LogP contribution in [0.15, 0.2) is 12.3 Å². The highest BCUT2D eigenvalue weighted by molar-refractivity contribution is 5.88. The first-order valence-electron chi connectivity index (χ1n) is 5.14. The fourth-order valence-electron chi connectivity index (χ4n) is 1.26. The van der Waals surface area contributed by atoms with Crippen LogP contribution in [0.2, 0.25) is 0 Å². The van der Waals surface area contributed by atoms with Crippen molar-refractivity contribution in [3.8, 4) is 0 Å². The molecule has 2 amide bonds. The first-order chi connectivity index (χ1) is 7.90. The number of amides is 2. The van der Waals surface area contributed by atoms with Crippen LogP contribution in [0, 0.1) is 5.92 Å². The Labute approximate surface area is 99.0 Å². The molecule has 1 rings (SSSR count). The molecule has 1 aromatic rings. The normalized spacial score (nSPS) is 11.9. The van der Waals surface area contributed by atoms with Gasteiger partial charge in [0.05, 0.1) is 5.92 Å². The summed E-state index contributed by atoms with van der Waals surface area (Å²) in [7, 11) is 3.28. The zero-order chi connectivity index (χ0) is 13.0. The molecule has 0 spiro atoms. The SMILES string of the molecule is CC(CN(C)C(=O)Nc1ccn(C)n1)C(=O)O. The lowest BCUT2D eigenvalue weighted by atomic mass is 10.2. The number of carboxylic acids is 1. The van der Waals surface area contributed by atoms with Crippen LogP contribution in [0.25, 0.3) is 0 Å². The average Bonchev–Trinajstić information content (AvgIpc) is 2.63. The molecule has 94 valence electrons. The lowest BCUT2D eigenvalue weighted by molar-refractivity contribution is -0.141. The van der Waals surface area contributed by atoms with Gasteiger partial charge in [-0.3, -0.25) is 14.8 Å². The molecule has 0 bridgehead atoms. The van der Waals surface area contributed by atoms with E-state index in [0.717, 1.165) is 0 Å². The van der Waals surface area contributed by atoms with Crippen molar-refractivity contribution in [2.75, 3.05) is 18.9 Å². The Kier molecular flexibility index (Phi) is 4.08. The van der Waals surface area contributed by atoms with E-state index in [4.69, 9.17) is 5.11 Å². The van der Waals surface area contributed by atoms with Crippen molar-refractivity contribution in [2.24, 2.45) is 13.0 Å². The number of urea groups is 1. The molecule has 2 N–H and O–H groups in total. The third kappa shape index (κ3) is 3.78. The molecule has 1 atom stereocenters. The van der Waals surface area contributed by atoms with Crippen LogP contribution in [0.3, 0.4) is 0 Å². The van der Waals surface area contributed by atoms with Gasteiger partial charge in [-0.05, 0) is 0 Å². The van der Waals surface area contributed by atoms with Crippen molar-refractivity contribution in [3.63, 3.8) is 0 Å². The number of carbonyl (C=O) groups excluding carboxylic acids is 1. The number of carboxylic acid groups (broad SMARTS) is 1. The molecule has 7 nitrogen and oxygen atoms in total. The summed E-state index contributed by atoms with van der Waals surface area (Å²) in [5.74, 6) is -1.09. The molecule has 0 saturated heterocycles. The van der Waals surface area contributed by atoms with Crippen molar-refractivity contribution < 1.29 is 14.7 Å². The van der Waals surface area contributed by atoms with Crippen LogP contribution < -0.4 is 5.32 Å². The van der Waals surface area contributed by atoms with Gasteiger partial charge < -0.3 is 10.0 Å². The highest BCUT2D eigenvalue weighted by Crippen LogP contribution is 2.04. The van der Waals surface area contributed by atoms with Gasteiger partial charge in [0.1, 0.15) is 0 Å². The molecular formula is C10H16N4O3. The number of nitrogens with one attached hydrogen (secondary N) is 1. The summed E-state index contributed by atoms with van der Waals surface area (Å²) in [5, 5.41) is 15.3. The Morgan fingerprint density at radius 1 is 1.65 bits per heavy atom. The zero-order valence-electron chi connectivity index (χ0n) is 10.0. The van der Waals surface area contributed by atoms with E-state index in [2.05, 4.69) is 10.4 Å². The number of hydrogen-bond donors (Lipinski definition) is 2. The monoisotopic (exact) mass is 240 g/mol. The van der Waals surface area contributed by atoms with E-state index in [-0.39, 0.29) is 12.6 Å². The standard InChI is InChI=1S/C10H16N4O3/c1-7(9(15)16)6-13(2)10(17)11-8-4-5-14(3)12-8/h4-5,7H,6H2,1-3H3,(H,15,16)(H,11,12,17). The third-order valence-corrected chi connectivity index (χ3v) is 2.26. The summed E-state index contributed by atoms with van der Waals surface area (Å²) in [6.45, 7) is 1.70. The van der Waals surface area contributed by atoms with Crippen molar-refractivity contribution in [1.82, 2.24) is 14.7 Å². The minimum Gasteiger partial charge on any atom is -0.481 e. The highest BCUT2D eigenvalue weighted by Gasteiger charge is 2.17. The summed E-state index contributed by atoms with van der Waals surface area (Å²) in [6, 6.07) is 1.28. The number of hydrogen-bond acceptors (Lipinski definition) is 3. The van der Waals surface area contributed by atoms with Crippen LogP contribution >= 0.6 is 0 Å². The maximum atomic E-state index is 11.7. The Morgan fingerprint density at radius 3 is 2.76 bits per heavy atom. The molecule has 17 heavy (non-hydrogen) atoms. The number of nitrogens with zero attached hydrogens (tertiary/aromatic N) is 3. The molecular weight excluding hydrogens is 224 g/mol. The molecule has 0 aliphatic rings. The molecule has 7 heteroatoms. The van der Waals surface area contributed by atoms with Crippen LogP contribution in [0.1, 0.15) is 6.92 Å². The minimum atomic E-state index is -0.928. The number of anilines is 1. The molecule has 1 heterocycles. The Balaban J connectivity index is 2.50. The Morgan fingerprint density at radius 2 is 2.29 bits per heavy atom. The van der Waals surface area contributed by atoms with Gasteiger partial charge >= 0.3 is 12.0 Å². The van der Waals surface area contributed by atoms with Crippen LogP contribution in [0.5, 0.6) is 0 Å². The summed E-state index contributed by atoms with van der Waals surface area (Å²) in [4.78, 5) is 23.6. The predicted molar refractivity (Wildman–Crippen MR) is 61.7 cm³/mol. The molecule has 1 aromatic heterocycles. The van der Waals surface area contributed by atoms with Crippen molar-refractivity contribution in [1.29, 1.82) is 0 Å². The molecule has 0 saturated carbocycles. The highest BCUT2D eigenvalue weighted by atomic mass is 16.4. The van der Waals surface area contributed by atoms with Gasteiger partial charge in [0, 0.05) is 32.9 Å². The van der Waals surface area contributed by atoms with Gasteiger partial charge in [-0.25, -0.2) is 4.79 Å². The molecule has 0 aromatic carbocycles. The fourth-order valence-corrected chi connectivity index (χ4v) is 1.26. The molecule has 0 radical (unpaired) electrons. The zero-order valence-corrected chi connectivity index (χ0v) is 10.0. The fraction of sp³-hybridized carbons (Fsp3) is 0.500. The first-order valence-corrected chi connectivity index (χ1v) is 5.14. The van der Waals surface area contributed by atoms with E-state index in [9.17, 15) is 9.59 Å². The minimum absolute atomic E-state index is 0.147. The second kappa shape index (κ2) is 5.33. The molecule has 0 fully saturated rings. The summed E-state index contributed by atoms with van der Waals surface area (Å²) in [6.07, 6.45) is 1.70. The quantitative estimate of drug-likeness (QED) is 0.807. The van der Waals surface area contributed by atoms with Gasteiger partial charge in [-0.1, -0.05) is 6.92 Å². The van der Waals surface area contributed by atoms with Gasteiger partial charge in [0.25, 0.3) is 0 Å². The maximum absolute atomic E-state index is 11.7. The van der Waals surface area contributed by atoms with Crippen LogP contribution in [-0.2, 0) is 11.8 Å². The van der Waals surface area contributed by atoms with Crippen LogP contribution in [0.4, 0.5) is 10.6 Å². The second-order valence-electron chi connectivity index (χ2n) is 3.92. The topological polar surface area (TPSA) is 87.5 Å². The Bertz CT molecular complexity index is 415. The Hall–Kier alpha value is -2.05. The lowest BCUT2D eigenvalue weighted by Gasteiger charge is -2.19. The second-order valence-corrected chi connectivity index (χ2v) is 3.92. The van der Waals surface area contributed by atoms with Crippen molar-refractivity contribution in [2.45, 2.75) is 6.92 Å². The molecule has 0 aliphatic heterocycles. The third-order valence-electron chi connectivity index (χ3n) is 2.26. The van der Waals surface area contributed by atoms with Crippen molar-refractivity contribution >= 4 is 17.8 Å². The van der Waals surface area contributed by atoms with E-state index in [1.165, 1.54) is 11.9 Å². The van der Waals surface area contributed by atoms with E-state index in [0.29, 0.717) is 5.82 Å². The number of carbonyl (C=O) groups is 2. The van der Waals surface area contributed by atoms with E-state index in [1.54, 1.807) is 30.9 Å². The summed E-state index contributed by atoms with van der Waals surface area (Å²) < 4.78 is 1.56. The average molecular weight is 240 g/mol. The molecule has 0 aliphatic carbocycles. The first kappa shape index (κ1) is 13.0. The lowest BCUT2D eigenvalue weighted by Crippen LogP contribution is -2.36. The van der Waals surface area contributed by atoms with Crippen LogP contribution in [-0.4, -0.2) is 45.4 Å². The van der Waals surface area contributed by atoms with E-state index >= 15 is 0 Å². The number of aliphatic carboxylic acids is 1. The maximum Gasteiger partial charge on any atom is 0.322 e. The number of aryl methyl sites for hydroxylation is 1. The van der Waals surface area contributed by atoms with Crippen molar-refractivity contribution in [3.05, 3.63) is 12.3 Å². The van der Waals surface area contributed by atoms with Gasteiger partial charge in [-0.2, -0.15) is 5.10 Å². The summed E-state index contributed by atoms with van der Waals surface area (Å²) in [5.41, 5.74) is 0. The smallest absolute Gasteiger partial charge is 0.322 e. The number of aromatic nitrogens is 2. The molecule has 1 unspecified atom stereocenters. The largest absolute Gasteiger partial charge is 0.481 e.